The summed E-state index contributed by atoms with van der Waals surface area (Å²) in [5, 5.41) is 4.66. The molecule has 1 fully saturated rings. The van der Waals surface area contributed by atoms with Crippen LogP contribution in [-0.4, -0.2) is 68.6 Å². The summed E-state index contributed by atoms with van der Waals surface area (Å²) in [5.41, 5.74) is 0. The molecule has 0 spiro atoms. The van der Waals surface area contributed by atoms with Crippen LogP contribution in [0.1, 0.15) is 40.0 Å². The van der Waals surface area contributed by atoms with Crippen LogP contribution in [0.25, 0.3) is 0 Å². The third kappa shape index (κ3) is 8.35. The van der Waals surface area contributed by atoms with Crippen LogP contribution in [0.2, 0.25) is 0 Å². The van der Waals surface area contributed by atoms with Crippen LogP contribution in [-0.2, 0) is 38.1 Å². The van der Waals surface area contributed by atoms with Gasteiger partial charge in [0.05, 0.1) is 13.2 Å². The van der Waals surface area contributed by atoms with Crippen LogP contribution in [0.5, 0.6) is 0 Å². The molecule has 0 aromatic rings. The summed E-state index contributed by atoms with van der Waals surface area (Å²) in [6.07, 6.45) is 2.22. The van der Waals surface area contributed by atoms with E-state index < -0.39 is 42.1 Å². The number of rotatable bonds is 10. The van der Waals surface area contributed by atoms with Crippen LogP contribution in [0.3, 0.4) is 0 Å². The van der Waals surface area contributed by atoms with E-state index in [1.165, 1.54) is 6.92 Å². The monoisotopic (exact) mass is 388 g/mol. The Bertz CT molecular complexity index is 501. The molecule has 2 amide bonds. The lowest BCUT2D eigenvalue weighted by atomic mass is 10.2. The first-order valence-electron chi connectivity index (χ1n) is 9.05. The van der Waals surface area contributed by atoms with E-state index in [2.05, 4.69) is 10.6 Å². The van der Waals surface area contributed by atoms with Gasteiger partial charge in [-0.3, -0.25) is 9.59 Å². The molecule has 10 heteroatoms. The average molecular weight is 388 g/mol. The van der Waals surface area contributed by atoms with Gasteiger partial charge in [-0.25, -0.2) is 9.59 Å². The number of amides is 2. The molecule has 2 atom stereocenters. The molecule has 2 N–H and O–H groups in total. The maximum atomic E-state index is 12.2. The van der Waals surface area contributed by atoms with Gasteiger partial charge in [0, 0.05) is 6.61 Å². The second-order valence-corrected chi connectivity index (χ2v) is 5.84. The summed E-state index contributed by atoms with van der Waals surface area (Å²) in [7, 11) is 0. The van der Waals surface area contributed by atoms with Gasteiger partial charge in [-0.05, 0) is 40.0 Å². The van der Waals surface area contributed by atoms with E-state index in [-0.39, 0.29) is 19.8 Å². The van der Waals surface area contributed by atoms with Crippen molar-refractivity contribution in [3.63, 3.8) is 0 Å². The fourth-order valence-corrected chi connectivity index (χ4v) is 2.29. The number of hydrogen-bond donors (Lipinski definition) is 2. The van der Waals surface area contributed by atoms with E-state index in [4.69, 9.17) is 18.9 Å². The molecule has 1 rings (SSSR count). The van der Waals surface area contributed by atoms with E-state index in [1.807, 2.05) is 0 Å². The molecule has 10 nitrogen and oxygen atoms in total. The lowest BCUT2D eigenvalue weighted by Crippen LogP contribution is -2.54. The molecule has 154 valence electrons. The first kappa shape index (κ1) is 22.8. The van der Waals surface area contributed by atoms with E-state index in [0.29, 0.717) is 13.0 Å². The average Bonchev–Trinajstić information content (AvgIpc) is 2.65. The molecule has 0 aromatic heterocycles. The smallest absolute Gasteiger partial charge is 0.340 e. The Morgan fingerprint density at radius 3 is 2.19 bits per heavy atom. The van der Waals surface area contributed by atoms with Crippen LogP contribution in [0.4, 0.5) is 0 Å². The zero-order valence-electron chi connectivity index (χ0n) is 15.9. The largest absolute Gasteiger partial charge is 0.464 e. The Kier molecular flexibility index (Phi) is 10.3. The maximum absolute atomic E-state index is 12.2. The number of carbonyl (C=O) groups is 4. The van der Waals surface area contributed by atoms with Crippen LogP contribution in [0.15, 0.2) is 0 Å². The molecule has 0 bridgehead atoms. The molecular weight excluding hydrogens is 360 g/mol. The van der Waals surface area contributed by atoms with Crippen molar-refractivity contribution in [1.82, 2.24) is 10.6 Å². The lowest BCUT2D eigenvalue weighted by molar-refractivity contribution is -0.170. The van der Waals surface area contributed by atoms with Crippen molar-refractivity contribution in [1.29, 1.82) is 0 Å². The summed E-state index contributed by atoms with van der Waals surface area (Å²) in [4.78, 5) is 47.8. The summed E-state index contributed by atoms with van der Waals surface area (Å²) < 4.78 is 20.2. The molecule has 2 unspecified atom stereocenters. The van der Waals surface area contributed by atoms with Gasteiger partial charge >= 0.3 is 11.9 Å². The van der Waals surface area contributed by atoms with E-state index in [1.54, 1.807) is 13.8 Å². The molecule has 0 saturated carbocycles. The summed E-state index contributed by atoms with van der Waals surface area (Å²) >= 11 is 0. The SMILES string of the molecule is CCOC(=O)C(NC(=O)C(C)NC(=O)COC1CCCCO1)C(=O)OCC. The molecule has 1 heterocycles. The topological polar surface area (TPSA) is 129 Å². The number of esters is 2. The zero-order chi connectivity index (χ0) is 20.2. The maximum Gasteiger partial charge on any atom is 0.340 e. The second-order valence-electron chi connectivity index (χ2n) is 5.84. The van der Waals surface area contributed by atoms with Crippen molar-refractivity contribution < 1.29 is 38.1 Å². The van der Waals surface area contributed by atoms with Crippen molar-refractivity contribution in [2.45, 2.75) is 58.4 Å². The van der Waals surface area contributed by atoms with Crippen LogP contribution >= 0.6 is 0 Å². The van der Waals surface area contributed by atoms with Gasteiger partial charge in [0.25, 0.3) is 0 Å². The van der Waals surface area contributed by atoms with Crippen molar-refractivity contribution in [3.05, 3.63) is 0 Å². The fraction of sp³-hybridized carbons (Fsp3) is 0.765. The minimum atomic E-state index is -1.59. The minimum Gasteiger partial charge on any atom is -0.464 e. The van der Waals surface area contributed by atoms with Gasteiger partial charge in [0.2, 0.25) is 17.9 Å². The van der Waals surface area contributed by atoms with Crippen molar-refractivity contribution in [2.75, 3.05) is 26.4 Å². The van der Waals surface area contributed by atoms with E-state index >= 15 is 0 Å². The number of carbonyl (C=O) groups excluding carboxylic acids is 4. The lowest BCUT2D eigenvalue weighted by Gasteiger charge is -2.23. The molecule has 0 aromatic carbocycles. The molecule has 27 heavy (non-hydrogen) atoms. The molecule has 0 aliphatic carbocycles. The summed E-state index contributed by atoms with van der Waals surface area (Å²) in [5.74, 6) is -3.11. The first-order valence-corrected chi connectivity index (χ1v) is 9.05. The predicted octanol–water partition coefficient (Wildman–Crippen LogP) is -0.355. The molecule has 1 saturated heterocycles. The van der Waals surface area contributed by atoms with E-state index in [9.17, 15) is 19.2 Å². The number of hydrogen-bond acceptors (Lipinski definition) is 8. The van der Waals surface area contributed by atoms with Crippen LogP contribution in [0, 0.1) is 0 Å². The zero-order valence-corrected chi connectivity index (χ0v) is 15.9. The first-order chi connectivity index (χ1) is 12.9. The van der Waals surface area contributed by atoms with Crippen molar-refractivity contribution >= 4 is 23.8 Å². The predicted molar refractivity (Wildman–Crippen MR) is 92.3 cm³/mol. The van der Waals surface area contributed by atoms with Gasteiger partial charge in [-0.1, -0.05) is 0 Å². The summed E-state index contributed by atoms with van der Waals surface area (Å²) in [6.45, 7) is 4.96. The van der Waals surface area contributed by atoms with Crippen LogP contribution < -0.4 is 10.6 Å². The van der Waals surface area contributed by atoms with Crippen molar-refractivity contribution in [3.8, 4) is 0 Å². The van der Waals surface area contributed by atoms with Gasteiger partial charge in [0.15, 0.2) is 6.29 Å². The molecule has 1 aliphatic rings. The number of nitrogens with one attached hydrogen (secondary N) is 2. The van der Waals surface area contributed by atoms with Gasteiger partial charge < -0.3 is 29.6 Å². The Morgan fingerprint density at radius 1 is 1.04 bits per heavy atom. The molecule has 0 radical (unpaired) electrons. The third-order valence-electron chi connectivity index (χ3n) is 3.64. The third-order valence-corrected chi connectivity index (χ3v) is 3.64. The fourth-order valence-electron chi connectivity index (χ4n) is 2.29. The molecule has 1 aliphatic heterocycles. The highest BCUT2D eigenvalue weighted by molar-refractivity contribution is 6.03. The highest BCUT2D eigenvalue weighted by atomic mass is 16.7. The Labute approximate surface area is 158 Å². The summed E-state index contributed by atoms with van der Waals surface area (Å²) in [6, 6.07) is -2.59. The van der Waals surface area contributed by atoms with Gasteiger partial charge in [-0.15, -0.1) is 0 Å². The Hall–Kier alpha value is -2.20. The van der Waals surface area contributed by atoms with E-state index in [0.717, 1.165) is 12.8 Å². The minimum absolute atomic E-state index is 0.0392. The normalized spacial score (nSPS) is 17.7. The quantitative estimate of drug-likeness (QED) is 0.384. The highest BCUT2D eigenvalue weighted by Gasteiger charge is 2.32. The molecular formula is C17H28N2O8. The van der Waals surface area contributed by atoms with Gasteiger partial charge in [-0.2, -0.15) is 0 Å². The van der Waals surface area contributed by atoms with Crippen molar-refractivity contribution in [2.24, 2.45) is 0 Å². The highest BCUT2D eigenvalue weighted by Crippen LogP contribution is 2.13. The standard InChI is InChI=1S/C17H28N2O8/c1-4-24-16(22)14(17(23)25-5-2)19-15(21)11(3)18-12(20)10-27-13-8-6-7-9-26-13/h11,13-14H,4-10H2,1-3H3,(H,18,20)(H,19,21). The Morgan fingerprint density at radius 2 is 1.67 bits per heavy atom. The Balaban J connectivity index is 2.49. The van der Waals surface area contributed by atoms with Gasteiger partial charge in [0.1, 0.15) is 12.6 Å². The second kappa shape index (κ2) is 12.2. The number of ether oxygens (including phenoxy) is 4.